The van der Waals surface area contributed by atoms with Crippen molar-refractivity contribution in [2.24, 2.45) is 0 Å². The van der Waals surface area contributed by atoms with Gasteiger partial charge < -0.3 is 10.4 Å². The fourth-order valence-corrected chi connectivity index (χ4v) is 2.76. The smallest absolute Gasteiger partial charge is 0.327 e. The first kappa shape index (κ1) is 14.6. The largest absolute Gasteiger partial charge is 0.480 e. The van der Waals surface area contributed by atoms with E-state index in [9.17, 15) is 14.7 Å². The van der Waals surface area contributed by atoms with E-state index < -0.39 is 17.4 Å². The number of rotatable bonds is 2. The summed E-state index contributed by atoms with van der Waals surface area (Å²) in [5, 5.41) is 11.8. The molecule has 1 aromatic carbocycles. The Bertz CT molecular complexity index is 542. The summed E-state index contributed by atoms with van der Waals surface area (Å²) in [4.78, 5) is 22.9. The van der Waals surface area contributed by atoms with Crippen molar-refractivity contribution >= 4 is 11.9 Å². The van der Waals surface area contributed by atoms with Gasteiger partial charge in [-0.1, -0.05) is 52.0 Å². The van der Waals surface area contributed by atoms with Gasteiger partial charge in [-0.25, -0.2) is 4.79 Å². The molecule has 2 unspecified atom stereocenters. The van der Waals surface area contributed by atoms with Crippen molar-refractivity contribution in [2.45, 2.75) is 51.0 Å². The Morgan fingerprint density at radius 3 is 2.30 bits per heavy atom. The topological polar surface area (TPSA) is 66.4 Å². The van der Waals surface area contributed by atoms with Crippen LogP contribution in [0.2, 0.25) is 0 Å². The van der Waals surface area contributed by atoms with Crippen molar-refractivity contribution in [1.29, 1.82) is 0 Å². The SMILES string of the molecule is CC(C)(C)c1ccc(C2(C)CC(=O)NC2C(=O)O)cc1. The summed E-state index contributed by atoms with van der Waals surface area (Å²) < 4.78 is 0. The van der Waals surface area contributed by atoms with E-state index in [0.29, 0.717) is 0 Å². The molecular formula is C16H21NO3. The van der Waals surface area contributed by atoms with Crippen molar-refractivity contribution in [2.75, 3.05) is 0 Å². The summed E-state index contributed by atoms with van der Waals surface area (Å²) in [6.45, 7) is 8.22. The second kappa shape index (κ2) is 4.62. The van der Waals surface area contributed by atoms with Crippen LogP contribution in [-0.2, 0) is 20.4 Å². The summed E-state index contributed by atoms with van der Waals surface area (Å²) in [6, 6.07) is 7.05. The molecule has 0 bridgehead atoms. The number of benzene rings is 1. The summed E-state index contributed by atoms with van der Waals surface area (Å²) in [5.41, 5.74) is 1.43. The Labute approximate surface area is 119 Å². The molecule has 0 aliphatic carbocycles. The highest BCUT2D eigenvalue weighted by molar-refractivity contribution is 5.90. The lowest BCUT2D eigenvalue weighted by atomic mass is 9.75. The Hall–Kier alpha value is -1.84. The maximum absolute atomic E-state index is 11.6. The van der Waals surface area contributed by atoms with Crippen LogP contribution in [0.5, 0.6) is 0 Å². The molecule has 1 aromatic rings. The first-order chi connectivity index (χ1) is 9.14. The van der Waals surface area contributed by atoms with E-state index in [-0.39, 0.29) is 17.7 Å². The molecule has 0 radical (unpaired) electrons. The van der Waals surface area contributed by atoms with Gasteiger partial charge in [-0.05, 0) is 16.5 Å². The number of hydrogen-bond acceptors (Lipinski definition) is 2. The van der Waals surface area contributed by atoms with Crippen LogP contribution < -0.4 is 5.32 Å². The van der Waals surface area contributed by atoms with Gasteiger partial charge in [0.05, 0.1) is 0 Å². The molecule has 2 rings (SSSR count). The van der Waals surface area contributed by atoms with Crippen LogP contribution in [-0.4, -0.2) is 23.0 Å². The van der Waals surface area contributed by atoms with Crippen LogP contribution in [0.15, 0.2) is 24.3 Å². The van der Waals surface area contributed by atoms with E-state index in [4.69, 9.17) is 0 Å². The minimum Gasteiger partial charge on any atom is -0.480 e. The molecule has 1 aliphatic heterocycles. The lowest BCUT2D eigenvalue weighted by Gasteiger charge is -2.29. The van der Waals surface area contributed by atoms with E-state index >= 15 is 0 Å². The lowest BCUT2D eigenvalue weighted by Crippen LogP contribution is -2.44. The van der Waals surface area contributed by atoms with Gasteiger partial charge in [0.25, 0.3) is 0 Å². The molecule has 1 saturated heterocycles. The molecule has 1 fully saturated rings. The van der Waals surface area contributed by atoms with Gasteiger partial charge in [-0.2, -0.15) is 0 Å². The highest BCUT2D eigenvalue weighted by atomic mass is 16.4. The van der Waals surface area contributed by atoms with Crippen LogP contribution in [0.1, 0.15) is 45.2 Å². The molecular weight excluding hydrogens is 254 g/mol. The molecule has 0 spiro atoms. The second-order valence-corrected chi connectivity index (χ2v) is 6.76. The molecule has 0 saturated carbocycles. The van der Waals surface area contributed by atoms with Gasteiger partial charge in [0.2, 0.25) is 5.91 Å². The normalized spacial score (nSPS) is 26.4. The molecule has 1 heterocycles. The maximum Gasteiger partial charge on any atom is 0.327 e. The summed E-state index contributed by atoms with van der Waals surface area (Å²) >= 11 is 0. The zero-order chi connectivity index (χ0) is 15.1. The molecule has 0 aromatic heterocycles. The van der Waals surface area contributed by atoms with E-state index in [2.05, 4.69) is 26.1 Å². The number of carboxylic acids is 1. The number of carbonyl (C=O) groups is 2. The fraction of sp³-hybridized carbons (Fsp3) is 0.500. The standard InChI is InChI=1S/C16H21NO3/c1-15(2,3)10-5-7-11(8-6-10)16(4)9-12(18)17-13(16)14(19)20/h5-8,13H,9H2,1-4H3,(H,17,18)(H,19,20). The highest BCUT2D eigenvalue weighted by Crippen LogP contribution is 2.36. The number of hydrogen-bond donors (Lipinski definition) is 2. The van der Waals surface area contributed by atoms with Gasteiger partial charge in [0, 0.05) is 11.8 Å². The number of carbonyl (C=O) groups excluding carboxylic acids is 1. The Balaban J connectivity index is 2.39. The Morgan fingerprint density at radius 2 is 1.85 bits per heavy atom. The molecule has 20 heavy (non-hydrogen) atoms. The third-order valence-electron chi connectivity index (χ3n) is 4.13. The minimum atomic E-state index is -0.988. The quantitative estimate of drug-likeness (QED) is 0.869. The third-order valence-corrected chi connectivity index (χ3v) is 4.13. The van der Waals surface area contributed by atoms with Gasteiger partial charge in [-0.15, -0.1) is 0 Å². The van der Waals surface area contributed by atoms with Gasteiger partial charge >= 0.3 is 5.97 Å². The Morgan fingerprint density at radius 1 is 1.30 bits per heavy atom. The molecule has 1 amide bonds. The predicted octanol–water partition coefficient (Wildman–Crippen LogP) is 2.21. The van der Waals surface area contributed by atoms with E-state index in [1.54, 1.807) is 0 Å². The number of amides is 1. The lowest BCUT2D eigenvalue weighted by molar-refractivity contribution is -0.141. The molecule has 2 atom stereocenters. The second-order valence-electron chi connectivity index (χ2n) is 6.76. The van der Waals surface area contributed by atoms with Crippen LogP contribution in [0, 0.1) is 0 Å². The van der Waals surface area contributed by atoms with Crippen LogP contribution in [0.25, 0.3) is 0 Å². The first-order valence-corrected chi connectivity index (χ1v) is 6.78. The van der Waals surface area contributed by atoms with E-state index in [0.717, 1.165) is 5.56 Å². The fourth-order valence-electron chi connectivity index (χ4n) is 2.76. The van der Waals surface area contributed by atoms with Crippen LogP contribution in [0.3, 0.4) is 0 Å². The van der Waals surface area contributed by atoms with Crippen molar-refractivity contribution in [1.82, 2.24) is 5.32 Å². The zero-order valence-corrected chi connectivity index (χ0v) is 12.4. The van der Waals surface area contributed by atoms with Crippen molar-refractivity contribution in [3.8, 4) is 0 Å². The average Bonchev–Trinajstić information content (AvgIpc) is 2.65. The summed E-state index contributed by atoms with van der Waals surface area (Å²) in [5.74, 6) is -1.20. The average molecular weight is 275 g/mol. The van der Waals surface area contributed by atoms with E-state index in [1.165, 1.54) is 5.56 Å². The van der Waals surface area contributed by atoms with Crippen molar-refractivity contribution in [3.05, 3.63) is 35.4 Å². The van der Waals surface area contributed by atoms with E-state index in [1.807, 2.05) is 31.2 Å². The van der Waals surface area contributed by atoms with Gasteiger partial charge in [0.15, 0.2) is 0 Å². The molecule has 2 N–H and O–H groups in total. The minimum absolute atomic E-state index is 0.0510. The summed E-state index contributed by atoms with van der Waals surface area (Å²) in [7, 11) is 0. The van der Waals surface area contributed by atoms with Crippen molar-refractivity contribution < 1.29 is 14.7 Å². The molecule has 1 aliphatic rings. The maximum atomic E-state index is 11.6. The Kier molecular flexibility index (Phi) is 3.36. The van der Waals surface area contributed by atoms with Gasteiger partial charge in [0.1, 0.15) is 6.04 Å². The van der Waals surface area contributed by atoms with Crippen LogP contribution >= 0.6 is 0 Å². The molecule has 4 nitrogen and oxygen atoms in total. The number of aliphatic carboxylic acids is 1. The van der Waals surface area contributed by atoms with Crippen molar-refractivity contribution in [3.63, 3.8) is 0 Å². The predicted molar refractivity (Wildman–Crippen MR) is 76.7 cm³/mol. The summed E-state index contributed by atoms with van der Waals surface area (Å²) in [6.07, 6.45) is 0.207. The number of carboxylic acid groups (broad SMARTS) is 1. The molecule has 108 valence electrons. The van der Waals surface area contributed by atoms with Gasteiger partial charge in [-0.3, -0.25) is 4.79 Å². The zero-order valence-electron chi connectivity index (χ0n) is 12.4. The first-order valence-electron chi connectivity index (χ1n) is 6.78. The van der Waals surface area contributed by atoms with Crippen LogP contribution in [0.4, 0.5) is 0 Å². The third kappa shape index (κ3) is 2.42. The highest BCUT2D eigenvalue weighted by Gasteiger charge is 2.48. The molecule has 4 heteroatoms. The number of nitrogens with one attached hydrogen (secondary N) is 1. The monoisotopic (exact) mass is 275 g/mol.